The third-order valence-electron chi connectivity index (χ3n) is 5.52. The van der Waals surface area contributed by atoms with Gasteiger partial charge in [0.05, 0.1) is 12.8 Å². The summed E-state index contributed by atoms with van der Waals surface area (Å²) < 4.78 is 7.22. The van der Waals surface area contributed by atoms with E-state index in [4.69, 9.17) is 16.0 Å². The van der Waals surface area contributed by atoms with E-state index in [0.29, 0.717) is 18.8 Å². The van der Waals surface area contributed by atoms with Gasteiger partial charge in [0.2, 0.25) is 0 Å². The fraction of sp³-hybridized carbons (Fsp3) is 0.364. The first kappa shape index (κ1) is 19.7. The molecule has 3 aromatic rings. The zero-order chi connectivity index (χ0) is 20.4. The van der Waals surface area contributed by atoms with Crippen molar-refractivity contribution in [2.75, 3.05) is 7.05 Å². The predicted molar refractivity (Wildman–Crippen MR) is 112 cm³/mol. The molecule has 7 heteroatoms. The van der Waals surface area contributed by atoms with Gasteiger partial charge in [0.1, 0.15) is 5.76 Å². The minimum absolute atomic E-state index is 0.0787. The molecule has 6 nitrogen and oxygen atoms in total. The summed E-state index contributed by atoms with van der Waals surface area (Å²) in [4.78, 5) is 14.7. The second kappa shape index (κ2) is 8.43. The molecule has 1 aromatic carbocycles. The van der Waals surface area contributed by atoms with Gasteiger partial charge < -0.3 is 14.6 Å². The zero-order valence-corrected chi connectivity index (χ0v) is 17.4. The van der Waals surface area contributed by atoms with E-state index in [1.165, 1.54) is 0 Å². The number of aromatic nitrogens is 2. The fourth-order valence-corrected chi connectivity index (χ4v) is 4.12. The lowest BCUT2D eigenvalue weighted by Gasteiger charge is -2.25. The number of furan rings is 1. The monoisotopic (exact) mass is 412 g/mol. The van der Waals surface area contributed by atoms with Crippen LogP contribution in [0.4, 0.5) is 0 Å². The average molecular weight is 413 g/mol. The minimum Gasteiger partial charge on any atom is -0.467 e. The highest BCUT2D eigenvalue weighted by atomic mass is 35.5. The second-order valence-corrected chi connectivity index (χ2v) is 7.96. The Labute approximate surface area is 175 Å². The van der Waals surface area contributed by atoms with Crippen LogP contribution in [-0.4, -0.2) is 33.7 Å². The third-order valence-corrected chi connectivity index (χ3v) is 5.89. The van der Waals surface area contributed by atoms with E-state index in [2.05, 4.69) is 10.4 Å². The lowest BCUT2D eigenvalue weighted by molar-refractivity contribution is 0.0767. The number of amides is 1. The molecule has 0 fully saturated rings. The predicted octanol–water partition coefficient (Wildman–Crippen LogP) is 3.59. The van der Waals surface area contributed by atoms with E-state index >= 15 is 0 Å². The number of nitrogens with zero attached hydrogens (tertiary/aromatic N) is 3. The quantitative estimate of drug-likeness (QED) is 0.672. The van der Waals surface area contributed by atoms with Crippen LogP contribution in [0, 0.1) is 0 Å². The molecule has 1 aliphatic rings. The first-order valence-electron chi connectivity index (χ1n) is 9.82. The van der Waals surface area contributed by atoms with Crippen molar-refractivity contribution in [2.45, 2.75) is 38.4 Å². The molecule has 0 saturated heterocycles. The highest BCUT2D eigenvalue weighted by Gasteiger charge is 2.29. The summed E-state index contributed by atoms with van der Waals surface area (Å²) in [5.74, 6) is 0.676. The van der Waals surface area contributed by atoms with Gasteiger partial charge in [-0.2, -0.15) is 5.10 Å². The molecule has 0 bridgehead atoms. The lowest BCUT2D eigenvalue weighted by Crippen LogP contribution is -2.35. The second-order valence-electron chi connectivity index (χ2n) is 7.55. The van der Waals surface area contributed by atoms with E-state index in [-0.39, 0.29) is 11.9 Å². The standard InChI is InChI=1S/C22H25ClN4O2/c1-26(14-17-7-5-11-29-17)22(28)21-18-12-16(9-10-20(18)27(2)25-21)24-13-15-6-3-4-8-19(15)23/h3-8,11,16,24H,9-10,12-14H2,1-2H3/t16-/m1/s1. The molecule has 1 atom stereocenters. The average Bonchev–Trinajstić information content (AvgIpc) is 3.34. The maximum atomic E-state index is 13.1. The maximum Gasteiger partial charge on any atom is 0.274 e. The van der Waals surface area contributed by atoms with Crippen molar-refractivity contribution >= 4 is 17.5 Å². The topological polar surface area (TPSA) is 63.3 Å². The van der Waals surface area contributed by atoms with Gasteiger partial charge in [-0.25, -0.2) is 0 Å². The molecule has 0 saturated carbocycles. The Hall–Kier alpha value is -2.57. The van der Waals surface area contributed by atoms with Crippen LogP contribution in [0.25, 0.3) is 0 Å². The number of hydrogen-bond donors (Lipinski definition) is 1. The summed E-state index contributed by atoms with van der Waals surface area (Å²) in [6, 6.07) is 11.8. The van der Waals surface area contributed by atoms with Gasteiger partial charge in [-0.15, -0.1) is 0 Å². The summed E-state index contributed by atoms with van der Waals surface area (Å²) in [5, 5.41) is 8.93. The first-order valence-corrected chi connectivity index (χ1v) is 10.2. The van der Waals surface area contributed by atoms with E-state index < -0.39 is 0 Å². The van der Waals surface area contributed by atoms with Crippen molar-refractivity contribution in [1.29, 1.82) is 0 Å². The molecule has 0 aliphatic heterocycles. The Bertz CT molecular complexity index is 996. The molecule has 2 heterocycles. The van der Waals surface area contributed by atoms with Crippen LogP contribution in [0.15, 0.2) is 47.1 Å². The van der Waals surface area contributed by atoms with Crippen LogP contribution in [0.3, 0.4) is 0 Å². The molecule has 2 aromatic heterocycles. The Kier molecular flexibility index (Phi) is 5.74. The molecule has 1 amide bonds. The minimum atomic E-state index is -0.0787. The van der Waals surface area contributed by atoms with Gasteiger partial charge in [0.25, 0.3) is 5.91 Å². The molecule has 0 spiro atoms. The van der Waals surface area contributed by atoms with E-state index in [9.17, 15) is 4.79 Å². The molecule has 1 N–H and O–H groups in total. The van der Waals surface area contributed by atoms with Gasteiger partial charge in [0, 0.05) is 43.0 Å². The molecule has 1 aliphatic carbocycles. The van der Waals surface area contributed by atoms with Gasteiger partial charge in [0.15, 0.2) is 5.69 Å². The number of aryl methyl sites for hydroxylation is 1. The molecule has 0 radical (unpaired) electrons. The number of rotatable bonds is 6. The molecule has 152 valence electrons. The number of fused-ring (bicyclic) bond motifs is 1. The number of benzene rings is 1. The SMILES string of the molecule is CN(Cc1ccco1)C(=O)c1nn(C)c2c1C[C@H](NCc1ccccc1Cl)CC2. The molecular formula is C22H25ClN4O2. The van der Waals surface area contributed by atoms with Crippen LogP contribution < -0.4 is 5.32 Å². The van der Waals surface area contributed by atoms with Crippen molar-refractivity contribution in [3.63, 3.8) is 0 Å². The number of hydrogen-bond acceptors (Lipinski definition) is 4. The smallest absolute Gasteiger partial charge is 0.274 e. The Morgan fingerprint density at radius 3 is 2.93 bits per heavy atom. The van der Waals surface area contributed by atoms with Crippen LogP contribution in [0.2, 0.25) is 5.02 Å². The van der Waals surface area contributed by atoms with Crippen molar-refractivity contribution in [2.24, 2.45) is 7.05 Å². The Morgan fingerprint density at radius 1 is 1.34 bits per heavy atom. The molecule has 0 unspecified atom stereocenters. The maximum absolute atomic E-state index is 13.1. The van der Waals surface area contributed by atoms with Crippen LogP contribution in [0.1, 0.15) is 39.5 Å². The molecule has 29 heavy (non-hydrogen) atoms. The Morgan fingerprint density at radius 2 is 2.17 bits per heavy atom. The van der Waals surface area contributed by atoms with Crippen molar-refractivity contribution in [1.82, 2.24) is 20.0 Å². The fourth-order valence-electron chi connectivity index (χ4n) is 3.92. The van der Waals surface area contributed by atoms with Gasteiger partial charge in [-0.1, -0.05) is 29.8 Å². The van der Waals surface area contributed by atoms with Crippen LogP contribution in [-0.2, 0) is 33.0 Å². The Balaban J connectivity index is 1.47. The highest BCUT2D eigenvalue weighted by molar-refractivity contribution is 6.31. The van der Waals surface area contributed by atoms with Crippen LogP contribution >= 0.6 is 11.6 Å². The zero-order valence-electron chi connectivity index (χ0n) is 16.7. The van der Waals surface area contributed by atoms with E-state index in [0.717, 1.165) is 46.9 Å². The van der Waals surface area contributed by atoms with Crippen molar-refractivity contribution < 1.29 is 9.21 Å². The van der Waals surface area contributed by atoms with Crippen molar-refractivity contribution in [3.05, 3.63) is 76.0 Å². The van der Waals surface area contributed by atoms with E-state index in [1.54, 1.807) is 18.2 Å². The molecule has 4 rings (SSSR count). The van der Waals surface area contributed by atoms with Gasteiger partial charge in [-0.05, 0) is 43.0 Å². The van der Waals surface area contributed by atoms with E-state index in [1.807, 2.05) is 48.1 Å². The summed E-state index contributed by atoms with van der Waals surface area (Å²) in [6.45, 7) is 1.13. The van der Waals surface area contributed by atoms with Gasteiger partial charge >= 0.3 is 0 Å². The first-order chi connectivity index (χ1) is 14.0. The number of nitrogens with one attached hydrogen (secondary N) is 1. The summed E-state index contributed by atoms with van der Waals surface area (Å²) >= 11 is 6.28. The summed E-state index contributed by atoms with van der Waals surface area (Å²) in [5.41, 5.74) is 3.82. The van der Waals surface area contributed by atoms with Gasteiger partial charge in [-0.3, -0.25) is 9.48 Å². The number of carbonyl (C=O) groups excluding carboxylic acids is 1. The molecular weight excluding hydrogens is 388 g/mol. The number of carbonyl (C=O) groups is 1. The summed E-state index contributed by atoms with van der Waals surface area (Å²) in [7, 11) is 3.70. The summed E-state index contributed by atoms with van der Waals surface area (Å²) in [6.07, 6.45) is 4.30. The third kappa shape index (κ3) is 4.23. The normalized spacial score (nSPS) is 15.9. The lowest BCUT2D eigenvalue weighted by atomic mass is 9.91. The van der Waals surface area contributed by atoms with Crippen molar-refractivity contribution in [3.8, 4) is 0 Å². The highest BCUT2D eigenvalue weighted by Crippen LogP contribution is 2.26. The van der Waals surface area contributed by atoms with Crippen LogP contribution in [0.5, 0.6) is 0 Å². The largest absolute Gasteiger partial charge is 0.467 e. The number of halogens is 1.